The van der Waals surface area contributed by atoms with Gasteiger partial charge in [-0.1, -0.05) is 43.5 Å². The summed E-state index contributed by atoms with van der Waals surface area (Å²) in [4.78, 5) is 64.4. The second-order valence-electron chi connectivity index (χ2n) is 9.87. The van der Waals surface area contributed by atoms with E-state index in [9.17, 15) is 29.3 Å². The van der Waals surface area contributed by atoms with Crippen molar-refractivity contribution in [1.29, 1.82) is 0 Å². The van der Waals surface area contributed by atoms with Gasteiger partial charge in [-0.3, -0.25) is 29.3 Å². The van der Waals surface area contributed by atoms with Crippen molar-refractivity contribution >= 4 is 72.7 Å². The summed E-state index contributed by atoms with van der Waals surface area (Å²) < 4.78 is 5.70. The molecule has 0 unspecified atom stereocenters. The molecule has 3 aromatic rings. The number of imide groups is 1. The molecule has 4 atom stereocenters. The number of hydrazine groups is 1. The molecule has 42 heavy (non-hydrogen) atoms. The van der Waals surface area contributed by atoms with Crippen LogP contribution in [0.1, 0.15) is 33.6 Å². The first kappa shape index (κ1) is 29.9. The molecule has 1 heterocycles. The van der Waals surface area contributed by atoms with Gasteiger partial charge in [-0.05, 0) is 73.5 Å². The van der Waals surface area contributed by atoms with Gasteiger partial charge in [0.1, 0.15) is 18.0 Å². The van der Waals surface area contributed by atoms with Crippen LogP contribution in [0.15, 0.2) is 72.8 Å². The molecule has 13 heteroatoms. The van der Waals surface area contributed by atoms with Gasteiger partial charge in [0.25, 0.3) is 23.4 Å². The molecule has 0 bridgehead atoms. The van der Waals surface area contributed by atoms with Crippen molar-refractivity contribution in [2.24, 2.45) is 11.8 Å². The van der Waals surface area contributed by atoms with Gasteiger partial charge in [0.05, 0.1) is 16.8 Å². The number of fused-ring (bicyclic) bond motifs is 1. The van der Waals surface area contributed by atoms with Gasteiger partial charge in [0.2, 0.25) is 0 Å². The number of halogens is 3. The molecule has 1 saturated heterocycles. The zero-order chi connectivity index (χ0) is 30.1. The number of hydrogen-bond acceptors (Lipinski definition) is 7. The van der Waals surface area contributed by atoms with Crippen LogP contribution in [0.3, 0.4) is 0 Å². The van der Waals surface area contributed by atoms with E-state index in [2.05, 4.69) is 31.9 Å². The second-order valence-corrected chi connectivity index (χ2v) is 12.7. The molecule has 0 aromatic heterocycles. The molecule has 1 aliphatic heterocycles. The van der Waals surface area contributed by atoms with Gasteiger partial charge in [-0.2, -0.15) is 5.01 Å². The van der Waals surface area contributed by atoms with Crippen LogP contribution in [0, 0.1) is 22.0 Å². The maximum absolute atomic E-state index is 13.7. The average molecular weight is 720 g/mol. The van der Waals surface area contributed by atoms with Crippen molar-refractivity contribution in [2.75, 3.05) is 6.54 Å². The first-order chi connectivity index (χ1) is 20.0. The molecule has 216 valence electrons. The van der Waals surface area contributed by atoms with Crippen molar-refractivity contribution in [1.82, 2.24) is 10.0 Å². The quantitative estimate of drug-likeness (QED) is 0.0892. The Morgan fingerprint density at radius 3 is 1.83 bits per heavy atom. The number of non-ortho nitro benzene ring substituents is 1. The molecule has 1 saturated carbocycles. The number of nitro benzene ring substituents is 1. The Morgan fingerprint density at radius 2 is 1.33 bits per heavy atom. The minimum Gasteiger partial charge on any atom is -0.457 e. The third kappa shape index (κ3) is 6.11. The fourth-order valence-corrected chi connectivity index (χ4v) is 6.36. The smallest absolute Gasteiger partial charge is 0.273 e. The van der Waals surface area contributed by atoms with Crippen molar-refractivity contribution in [3.8, 4) is 11.5 Å². The maximum Gasteiger partial charge on any atom is 0.273 e. The molecular weight excluding hydrogens is 698 g/mol. The lowest BCUT2D eigenvalue weighted by molar-refractivity contribution is -0.384. The highest BCUT2D eigenvalue weighted by Gasteiger charge is 2.54. The van der Waals surface area contributed by atoms with Crippen molar-refractivity contribution in [3.63, 3.8) is 0 Å². The van der Waals surface area contributed by atoms with Crippen molar-refractivity contribution in [2.45, 2.75) is 22.5 Å². The van der Waals surface area contributed by atoms with Crippen molar-refractivity contribution in [3.05, 3.63) is 99.1 Å². The number of Topliss-reactive ketones (excluding diaryl/α,β-unsaturated/α-hetero) is 1. The van der Waals surface area contributed by atoms with E-state index in [1.807, 2.05) is 0 Å². The lowest BCUT2D eigenvalue weighted by Crippen LogP contribution is -2.52. The molecule has 0 N–H and O–H groups in total. The molecular formula is C29H22Br2ClN3O7. The van der Waals surface area contributed by atoms with E-state index < -0.39 is 46.8 Å². The van der Waals surface area contributed by atoms with Crippen molar-refractivity contribution < 1.29 is 28.8 Å². The SMILES string of the molecule is O=C(CN(C(=O)c1ccc(Cl)cc1)N1C(=O)[C@@H]2C[C@@H](Br)[C@@H](Br)C[C@H]2C1=O)c1ccc(Oc2ccc([N+](=O)[O-])cc2)cc1. The Morgan fingerprint density at radius 1 is 0.857 bits per heavy atom. The van der Waals surface area contributed by atoms with Crippen LogP contribution < -0.4 is 4.74 Å². The summed E-state index contributed by atoms with van der Waals surface area (Å²) in [7, 11) is 0. The van der Waals surface area contributed by atoms with E-state index in [0.717, 1.165) is 10.0 Å². The van der Waals surface area contributed by atoms with Gasteiger partial charge >= 0.3 is 0 Å². The first-order valence-electron chi connectivity index (χ1n) is 12.8. The molecule has 1 aliphatic carbocycles. The number of carbonyl (C=O) groups excluding carboxylic acids is 4. The molecule has 3 aromatic carbocycles. The normalized spacial score (nSPS) is 21.5. The van der Waals surface area contributed by atoms with Crippen LogP contribution in [0.2, 0.25) is 5.02 Å². The fraction of sp³-hybridized carbons (Fsp3) is 0.241. The van der Waals surface area contributed by atoms with Crippen LogP contribution >= 0.6 is 43.5 Å². The van der Waals surface area contributed by atoms with E-state index in [0.29, 0.717) is 29.4 Å². The summed E-state index contributed by atoms with van der Waals surface area (Å²) in [5.74, 6) is -2.72. The molecule has 0 radical (unpaired) electrons. The Balaban J connectivity index is 1.38. The van der Waals surface area contributed by atoms with E-state index in [1.54, 1.807) is 0 Å². The first-order valence-corrected chi connectivity index (χ1v) is 15.0. The summed E-state index contributed by atoms with van der Waals surface area (Å²) in [6.45, 7) is -0.559. The minimum atomic E-state index is -0.690. The number of ether oxygens (including phenoxy) is 1. The fourth-order valence-electron chi connectivity index (χ4n) is 5.00. The third-order valence-corrected chi connectivity index (χ3v) is 10.2. The monoisotopic (exact) mass is 717 g/mol. The highest BCUT2D eigenvalue weighted by Crippen LogP contribution is 2.43. The third-order valence-electron chi connectivity index (χ3n) is 7.21. The second kappa shape index (κ2) is 12.3. The minimum absolute atomic E-state index is 0.0239. The largest absolute Gasteiger partial charge is 0.457 e. The number of nitrogens with zero attached hydrogens (tertiary/aromatic N) is 3. The average Bonchev–Trinajstić information content (AvgIpc) is 3.20. The van der Waals surface area contributed by atoms with Gasteiger partial charge in [-0.15, -0.1) is 0 Å². The molecule has 0 spiro atoms. The number of ketones is 1. The Bertz CT molecular complexity index is 1520. The number of rotatable bonds is 8. The van der Waals surface area contributed by atoms with Gasteiger partial charge in [0.15, 0.2) is 5.78 Å². The Kier molecular flexibility index (Phi) is 8.76. The van der Waals surface area contributed by atoms with Crippen LogP contribution in [0.25, 0.3) is 0 Å². The Labute approximate surface area is 261 Å². The zero-order valence-electron chi connectivity index (χ0n) is 21.7. The number of alkyl halides is 2. The number of nitro groups is 1. The number of benzene rings is 3. The van der Waals surface area contributed by atoms with Gasteiger partial charge in [-0.25, -0.2) is 5.01 Å². The standard InChI is InChI=1S/C29H22Br2ClN3O7/c30-24-13-22-23(14-25(24)31)29(39)34(28(22)38)33(27(37)17-1-5-18(32)6-2-17)15-26(36)16-3-9-20(10-4-16)42-21-11-7-19(8-12-21)35(40)41/h1-12,22-25H,13-15H2/t22-,23-,24-,25+/m1/s1. The summed E-state index contributed by atoms with van der Waals surface area (Å²) in [5.41, 5.74) is 0.304. The molecule has 3 amide bonds. The van der Waals surface area contributed by atoms with E-state index in [4.69, 9.17) is 16.3 Å². The zero-order valence-corrected chi connectivity index (χ0v) is 25.6. The predicted octanol–water partition coefficient (Wildman–Crippen LogP) is 6.20. The summed E-state index contributed by atoms with van der Waals surface area (Å²) in [6.07, 6.45) is 0.823. The lowest BCUT2D eigenvalue weighted by atomic mass is 9.81. The topological polar surface area (TPSA) is 127 Å². The van der Waals surface area contributed by atoms with Crippen LogP contribution in [-0.4, -0.2) is 54.6 Å². The maximum atomic E-state index is 13.7. The highest BCUT2D eigenvalue weighted by atomic mass is 79.9. The van der Waals surface area contributed by atoms with E-state index in [-0.39, 0.29) is 26.5 Å². The number of amides is 3. The number of hydrogen-bond donors (Lipinski definition) is 0. The number of carbonyl (C=O) groups is 4. The lowest BCUT2D eigenvalue weighted by Gasteiger charge is -2.30. The summed E-state index contributed by atoms with van der Waals surface area (Å²) >= 11 is 13.1. The van der Waals surface area contributed by atoms with Crippen LogP contribution in [0.5, 0.6) is 11.5 Å². The molecule has 2 aliphatic rings. The predicted molar refractivity (Wildman–Crippen MR) is 160 cm³/mol. The molecule has 10 nitrogen and oxygen atoms in total. The Hall–Kier alpha value is -3.61. The van der Waals surface area contributed by atoms with Crippen LogP contribution in [0.4, 0.5) is 5.69 Å². The van der Waals surface area contributed by atoms with Gasteiger partial charge < -0.3 is 4.74 Å². The van der Waals surface area contributed by atoms with E-state index in [1.165, 1.54) is 72.8 Å². The molecule has 5 rings (SSSR count). The highest BCUT2D eigenvalue weighted by molar-refractivity contribution is 9.12. The summed E-state index contributed by atoms with van der Waals surface area (Å²) in [5, 5.41) is 13.0. The molecule has 2 fully saturated rings. The van der Waals surface area contributed by atoms with Gasteiger partial charge in [0, 0.05) is 37.9 Å². The summed E-state index contributed by atoms with van der Waals surface area (Å²) in [6, 6.07) is 17.5. The van der Waals surface area contributed by atoms with Crippen LogP contribution in [-0.2, 0) is 9.59 Å². The van der Waals surface area contributed by atoms with E-state index >= 15 is 0 Å².